The van der Waals surface area contributed by atoms with Gasteiger partial charge in [-0.3, -0.25) is 4.79 Å². The van der Waals surface area contributed by atoms with Gasteiger partial charge in [0.25, 0.3) is 0 Å². The van der Waals surface area contributed by atoms with E-state index in [0.717, 1.165) is 27.4 Å². The number of amides is 1. The number of hydrogen-bond acceptors (Lipinski definition) is 4. The Balaban J connectivity index is 1.63. The maximum Gasteiger partial charge on any atom is 0.246 e. The SMILES string of the molecule is C/C(=N/NC(=O)Cc1csc(-c2ccc(F)cc2)n1)c1ccccc1C. The van der Waals surface area contributed by atoms with Crippen molar-refractivity contribution in [3.05, 3.63) is 76.5 Å². The normalized spacial score (nSPS) is 11.4. The first kappa shape index (κ1) is 17.9. The van der Waals surface area contributed by atoms with Crippen molar-refractivity contribution in [2.45, 2.75) is 20.3 Å². The Hall–Kier alpha value is -2.86. The molecule has 0 atom stereocenters. The summed E-state index contributed by atoms with van der Waals surface area (Å²) in [6.07, 6.45) is 0.141. The summed E-state index contributed by atoms with van der Waals surface area (Å²) in [4.78, 5) is 16.6. The number of halogens is 1. The van der Waals surface area contributed by atoms with Crippen molar-refractivity contribution in [1.29, 1.82) is 0 Å². The molecule has 0 aliphatic rings. The first-order chi connectivity index (χ1) is 12.5. The fourth-order valence-corrected chi connectivity index (χ4v) is 3.33. The number of aryl methyl sites for hydroxylation is 1. The van der Waals surface area contributed by atoms with Crippen molar-refractivity contribution in [2.24, 2.45) is 5.10 Å². The maximum atomic E-state index is 13.0. The number of aromatic nitrogens is 1. The zero-order chi connectivity index (χ0) is 18.5. The lowest BCUT2D eigenvalue weighted by molar-refractivity contribution is -0.120. The summed E-state index contributed by atoms with van der Waals surface area (Å²) < 4.78 is 13.0. The minimum atomic E-state index is -0.285. The van der Waals surface area contributed by atoms with Crippen molar-refractivity contribution >= 4 is 23.0 Å². The molecule has 0 radical (unpaired) electrons. The fraction of sp³-hybridized carbons (Fsp3) is 0.150. The molecule has 0 aliphatic heterocycles. The smallest absolute Gasteiger partial charge is 0.246 e. The zero-order valence-corrected chi connectivity index (χ0v) is 15.3. The molecule has 0 unspecified atom stereocenters. The molecule has 1 heterocycles. The minimum Gasteiger partial charge on any atom is -0.273 e. The van der Waals surface area contributed by atoms with Crippen molar-refractivity contribution in [1.82, 2.24) is 10.4 Å². The number of carbonyl (C=O) groups excluding carboxylic acids is 1. The zero-order valence-electron chi connectivity index (χ0n) is 14.5. The lowest BCUT2D eigenvalue weighted by Gasteiger charge is -2.05. The van der Waals surface area contributed by atoms with Gasteiger partial charge in [0.1, 0.15) is 10.8 Å². The van der Waals surface area contributed by atoms with E-state index in [1.807, 2.05) is 43.5 Å². The lowest BCUT2D eigenvalue weighted by atomic mass is 10.1. The van der Waals surface area contributed by atoms with Crippen molar-refractivity contribution in [3.63, 3.8) is 0 Å². The van der Waals surface area contributed by atoms with E-state index in [4.69, 9.17) is 0 Å². The summed E-state index contributed by atoms with van der Waals surface area (Å²) >= 11 is 1.42. The predicted molar refractivity (Wildman–Crippen MR) is 103 cm³/mol. The van der Waals surface area contributed by atoms with E-state index in [-0.39, 0.29) is 18.1 Å². The third kappa shape index (κ3) is 4.40. The van der Waals surface area contributed by atoms with E-state index in [2.05, 4.69) is 15.5 Å². The molecule has 1 N–H and O–H groups in total. The average molecular weight is 367 g/mol. The number of rotatable bonds is 5. The number of hydrazone groups is 1. The standard InChI is InChI=1S/C20H18FN3OS/c1-13-5-3-4-6-18(13)14(2)23-24-19(25)11-17-12-26-20(22-17)15-7-9-16(21)10-8-15/h3-10,12H,11H2,1-2H3,(H,24,25)/b23-14-. The molecular weight excluding hydrogens is 349 g/mol. The number of hydrogen-bond donors (Lipinski definition) is 1. The Morgan fingerprint density at radius 3 is 2.65 bits per heavy atom. The van der Waals surface area contributed by atoms with Gasteiger partial charge in [0, 0.05) is 16.5 Å². The second-order valence-corrected chi connectivity index (χ2v) is 6.73. The summed E-state index contributed by atoms with van der Waals surface area (Å²) in [5.41, 5.74) is 6.92. The van der Waals surface area contributed by atoms with Crippen molar-refractivity contribution < 1.29 is 9.18 Å². The molecule has 2 aromatic carbocycles. The molecule has 6 heteroatoms. The van der Waals surface area contributed by atoms with Gasteiger partial charge < -0.3 is 0 Å². The van der Waals surface area contributed by atoms with E-state index in [1.165, 1.54) is 23.5 Å². The summed E-state index contributed by atoms with van der Waals surface area (Å²) in [6, 6.07) is 14.0. The molecule has 0 bridgehead atoms. The molecule has 0 aliphatic carbocycles. The Morgan fingerprint density at radius 1 is 1.19 bits per heavy atom. The molecule has 26 heavy (non-hydrogen) atoms. The Labute approximate surface area is 155 Å². The highest BCUT2D eigenvalue weighted by Crippen LogP contribution is 2.24. The summed E-state index contributed by atoms with van der Waals surface area (Å²) in [7, 11) is 0. The van der Waals surface area contributed by atoms with Crippen LogP contribution in [0.25, 0.3) is 10.6 Å². The molecule has 3 aromatic rings. The van der Waals surface area contributed by atoms with Crippen molar-refractivity contribution in [3.8, 4) is 10.6 Å². The first-order valence-electron chi connectivity index (χ1n) is 8.12. The molecule has 3 rings (SSSR count). The van der Waals surface area contributed by atoms with Crippen LogP contribution in [0.4, 0.5) is 4.39 Å². The van der Waals surface area contributed by atoms with Crippen LogP contribution in [0.3, 0.4) is 0 Å². The second kappa shape index (κ2) is 8.01. The first-order valence-corrected chi connectivity index (χ1v) is 9.00. The summed E-state index contributed by atoms with van der Waals surface area (Å²) in [5, 5.41) is 6.76. The summed E-state index contributed by atoms with van der Waals surface area (Å²) in [6.45, 7) is 3.86. The lowest BCUT2D eigenvalue weighted by Crippen LogP contribution is -2.21. The quantitative estimate of drug-likeness (QED) is 0.539. The van der Waals surface area contributed by atoms with Gasteiger partial charge in [0.2, 0.25) is 5.91 Å². The molecule has 1 aromatic heterocycles. The molecular formula is C20H18FN3OS. The maximum absolute atomic E-state index is 13.0. The topological polar surface area (TPSA) is 54.4 Å². The molecule has 4 nitrogen and oxygen atoms in total. The second-order valence-electron chi connectivity index (χ2n) is 5.87. The average Bonchev–Trinajstić information content (AvgIpc) is 3.09. The van der Waals surface area contributed by atoms with E-state index >= 15 is 0 Å². The van der Waals surface area contributed by atoms with Gasteiger partial charge in [-0.25, -0.2) is 14.8 Å². The Kier molecular flexibility index (Phi) is 5.53. The molecule has 0 spiro atoms. The van der Waals surface area contributed by atoms with Crippen LogP contribution >= 0.6 is 11.3 Å². The number of carbonyl (C=O) groups is 1. The molecule has 0 saturated heterocycles. The van der Waals surface area contributed by atoms with Crippen LogP contribution < -0.4 is 5.43 Å². The van der Waals surface area contributed by atoms with Crippen LogP contribution in [0.5, 0.6) is 0 Å². The number of benzene rings is 2. The monoisotopic (exact) mass is 367 g/mol. The minimum absolute atomic E-state index is 0.141. The highest BCUT2D eigenvalue weighted by atomic mass is 32.1. The third-order valence-corrected chi connectivity index (χ3v) is 4.81. The highest BCUT2D eigenvalue weighted by Gasteiger charge is 2.09. The summed E-state index contributed by atoms with van der Waals surface area (Å²) in [5.74, 6) is -0.513. The largest absolute Gasteiger partial charge is 0.273 e. The van der Waals surface area contributed by atoms with E-state index in [0.29, 0.717) is 5.69 Å². The van der Waals surface area contributed by atoms with E-state index in [9.17, 15) is 9.18 Å². The third-order valence-electron chi connectivity index (χ3n) is 3.87. The van der Waals surface area contributed by atoms with Crippen LogP contribution in [-0.2, 0) is 11.2 Å². The van der Waals surface area contributed by atoms with Gasteiger partial charge in [-0.15, -0.1) is 11.3 Å². The van der Waals surface area contributed by atoms with Crippen molar-refractivity contribution in [2.75, 3.05) is 0 Å². The Morgan fingerprint density at radius 2 is 1.92 bits per heavy atom. The highest BCUT2D eigenvalue weighted by molar-refractivity contribution is 7.13. The van der Waals surface area contributed by atoms with Gasteiger partial charge in [-0.05, 0) is 43.7 Å². The van der Waals surface area contributed by atoms with Crippen LogP contribution in [0.2, 0.25) is 0 Å². The van der Waals surface area contributed by atoms with Crippen LogP contribution in [0.15, 0.2) is 59.0 Å². The van der Waals surface area contributed by atoms with Crippen LogP contribution in [0.1, 0.15) is 23.7 Å². The van der Waals surface area contributed by atoms with Crippen LogP contribution in [-0.4, -0.2) is 16.6 Å². The van der Waals surface area contributed by atoms with Gasteiger partial charge in [-0.2, -0.15) is 5.10 Å². The van der Waals surface area contributed by atoms with Gasteiger partial charge in [0.15, 0.2) is 0 Å². The fourth-order valence-electron chi connectivity index (χ4n) is 2.50. The van der Waals surface area contributed by atoms with Gasteiger partial charge >= 0.3 is 0 Å². The number of thiazole rings is 1. The molecule has 0 fully saturated rings. The molecule has 1 amide bonds. The predicted octanol–water partition coefficient (Wildman–Crippen LogP) is 4.34. The number of nitrogens with zero attached hydrogens (tertiary/aromatic N) is 2. The van der Waals surface area contributed by atoms with Crippen LogP contribution in [0, 0.1) is 12.7 Å². The molecule has 132 valence electrons. The van der Waals surface area contributed by atoms with E-state index in [1.54, 1.807) is 12.1 Å². The van der Waals surface area contributed by atoms with Gasteiger partial charge in [0.05, 0.1) is 17.8 Å². The Bertz CT molecular complexity index is 948. The van der Waals surface area contributed by atoms with E-state index < -0.39 is 0 Å². The molecule has 0 saturated carbocycles. The van der Waals surface area contributed by atoms with Gasteiger partial charge in [-0.1, -0.05) is 24.3 Å². The number of nitrogens with one attached hydrogen (secondary N) is 1.